The summed E-state index contributed by atoms with van der Waals surface area (Å²) >= 11 is 0. The van der Waals surface area contributed by atoms with E-state index in [0.29, 0.717) is 60.6 Å². The summed E-state index contributed by atoms with van der Waals surface area (Å²) in [6, 6.07) is 3.54. The van der Waals surface area contributed by atoms with Crippen molar-refractivity contribution in [1.82, 2.24) is 0 Å². The fourth-order valence-corrected chi connectivity index (χ4v) is 4.71. The zero-order valence-corrected chi connectivity index (χ0v) is 25.7. The van der Waals surface area contributed by atoms with Crippen molar-refractivity contribution in [2.45, 2.75) is 60.8 Å². The van der Waals surface area contributed by atoms with Crippen LogP contribution in [0.15, 0.2) is 37.4 Å². The molecule has 8 nitrogen and oxygen atoms in total. The topological polar surface area (TPSA) is 89.5 Å². The Hall–Kier alpha value is -3.94. The van der Waals surface area contributed by atoms with Crippen LogP contribution in [0.5, 0.6) is 34.5 Å². The molecule has 0 atom stereocenters. The zero-order chi connectivity index (χ0) is 30.7. The van der Waals surface area contributed by atoms with Crippen molar-refractivity contribution in [3.63, 3.8) is 0 Å². The molecule has 0 saturated carbocycles. The third-order valence-corrected chi connectivity index (χ3v) is 6.37. The van der Waals surface area contributed by atoms with E-state index in [1.807, 2.05) is 55.4 Å². The van der Waals surface area contributed by atoms with E-state index in [9.17, 15) is 9.59 Å². The van der Waals surface area contributed by atoms with Gasteiger partial charge >= 0.3 is 0 Å². The maximum absolute atomic E-state index is 13.5. The summed E-state index contributed by atoms with van der Waals surface area (Å²) < 4.78 is 36.0. The van der Waals surface area contributed by atoms with E-state index in [0.717, 1.165) is 0 Å². The number of ketones is 2. The van der Waals surface area contributed by atoms with Crippen LogP contribution in [-0.2, 0) is 5.41 Å². The maximum Gasteiger partial charge on any atom is 0.204 e. The lowest BCUT2D eigenvalue weighted by Gasteiger charge is -2.33. The Bertz CT molecular complexity index is 1160. The zero-order valence-electron chi connectivity index (χ0n) is 25.7. The third-order valence-electron chi connectivity index (χ3n) is 6.37. The van der Waals surface area contributed by atoms with Crippen LogP contribution in [-0.4, -0.2) is 51.2 Å². The van der Waals surface area contributed by atoms with Gasteiger partial charge in [0.05, 0.1) is 50.8 Å². The number of hydrogen-bond donors (Lipinski definition) is 0. The highest BCUT2D eigenvalue weighted by Gasteiger charge is 2.38. The molecule has 0 saturated heterocycles. The van der Waals surface area contributed by atoms with Gasteiger partial charge in [0, 0.05) is 5.41 Å². The lowest BCUT2D eigenvalue weighted by atomic mass is 9.72. The average Bonchev–Trinajstić information content (AvgIpc) is 2.95. The van der Waals surface area contributed by atoms with Crippen molar-refractivity contribution >= 4 is 11.6 Å². The number of carbonyl (C=O) groups excluding carboxylic acids is 2. The Balaban J connectivity index is 3.21. The number of hydrogen-bond acceptors (Lipinski definition) is 8. The molecule has 224 valence electrons. The molecule has 0 amide bonds. The predicted octanol–water partition coefficient (Wildman–Crippen LogP) is 7.14. The van der Waals surface area contributed by atoms with Crippen LogP contribution in [0.4, 0.5) is 0 Å². The van der Waals surface area contributed by atoms with Gasteiger partial charge in [0.2, 0.25) is 11.5 Å². The largest absolute Gasteiger partial charge is 0.490 e. The molecule has 0 radical (unpaired) electrons. The van der Waals surface area contributed by atoms with Gasteiger partial charge in [0.1, 0.15) is 0 Å². The van der Waals surface area contributed by atoms with Crippen molar-refractivity contribution < 1.29 is 38.0 Å². The van der Waals surface area contributed by atoms with Crippen molar-refractivity contribution in [2.75, 3.05) is 39.6 Å². The standard InChI is InChI=1S/C33H44O8/c1-11-23(34)27-21(19-25(36-13-3)29(38-15-5)31(27)40-17-7)33(9,10)22-20-26(37-14-4)30(39-16-6)32(41-18-8)28(22)24(35)12-2/h11-12,19-20H,1-2,13-18H2,3-10H3. The molecule has 0 bridgehead atoms. The summed E-state index contributed by atoms with van der Waals surface area (Å²) in [5.74, 6) is 1.28. The first-order valence-corrected chi connectivity index (χ1v) is 14.2. The molecule has 0 aliphatic carbocycles. The first-order valence-electron chi connectivity index (χ1n) is 14.2. The molecular weight excluding hydrogens is 524 g/mol. The van der Waals surface area contributed by atoms with Gasteiger partial charge in [0.25, 0.3) is 0 Å². The van der Waals surface area contributed by atoms with Crippen LogP contribution in [0.1, 0.15) is 87.2 Å². The molecule has 0 aliphatic rings. The first-order chi connectivity index (χ1) is 19.6. The SMILES string of the molecule is C=CC(=O)c1c(C(C)(C)c2cc(OCC)c(OCC)c(OCC)c2C(=O)C=C)cc(OCC)c(OCC)c1OCC. The molecule has 41 heavy (non-hydrogen) atoms. The van der Waals surface area contributed by atoms with Gasteiger partial charge in [-0.15, -0.1) is 0 Å². The Morgan fingerprint density at radius 2 is 0.878 bits per heavy atom. The van der Waals surface area contributed by atoms with Crippen molar-refractivity contribution in [3.8, 4) is 34.5 Å². The lowest BCUT2D eigenvalue weighted by Crippen LogP contribution is -2.27. The normalized spacial score (nSPS) is 10.9. The summed E-state index contributed by atoms with van der Waals surface area (Å²) in [4.78, 5) is 27.1. The van der Waals surface area contributed by atoms with E-state index in [4.69, 9.17) is 28.4 Å². The van der Waals surface area contributed by atoms with Crippen molar-refractivity contribution in [3.05, 3.63) is 59.7 Å². The highest BCUT2D eigenvalue weighted by Crippen LogP contribution is 2.52. The Morgan fingerprint density at radius 1 is 0.585 bits per heavy atom. The molecule has 0 heterocycles. The van der Waals surface area contributed by atoms with Gasteiger partial charge in [-0.25, -0.2) is 0 Å². The van der Waals surface area contributed by atoms with E-state index in [1.54, 1.807) is 12.1 Å². The molecule has 8 heteroatoms. The Morgan fingerprint density at radius 3 is 1.15 bits per heavy atom. The maximum atomic E-state index is 13.5. The highest BCUT2D eigenvalue weighted by molar-refractivity contribution is 6.10. The first kappa shape index (κ1) is 33.3. The van der Waals surface area contributed by atoms with Crippen molar-refractivity contribution in [1.29, 1.82) is 0 Å². The Kier molecular flexibility index (Phi) is 12.3. The third kappa shape index (κ3) is 6.87. The average molecular weight is 569 g/mol. The number of benzene rings is 2. The molecule has 0 aromatic heterocycles. The summed E-state index contributed by atoms with van der Waals surface area (Å²) in [5.41, 5.74) is 0.614. The number of carbonyl (C=O) groups is 2. The van der Waals surface area contributed by atoms with E-state index < -0.39 is 5.41 Å². The predicted molar refractivity (Wildman–Crippen MR) is 161 cm³/mol. The lowest BCUT2D eigenvalue weighted by molar-refractivity contribution is 0.103. The second-order valence-electron chi connectivity index (χ2n) is 9.27. The molecule has 2 aromatic carbocycles. The molecular formula is C33H44O8. The van der Waals surface area contributed by atoms with E-state index in [1.165, 1.54) is 12.2 Å². The number of rotatable bonds is 18. The fourth-order valence-electron chi connectivity index (χ4n) is 4.71. The summed E-state index contributed by atoms with van der Waals surface area (Å²) in [6.07, 6.45) is 2.47. The van der Waals surface area contributed by atoms with Gasteiger partial charge in [-0.05, 0) is 77.0 Å². The quantitative estimate of drug-likeness (QED) is 0.138. The van der Waals surface area contributed by atoms with Crippen LogP contribution >= 0.6 is 0 Å². The molecule has 0 unspecified atom stereocenters. The molecule has 0 aliphatic heterocycles. The molecule has 2 rings (SSSR count). The second-order valence-corrected chi connectivity index (χ2v) is 9.27. The second kappa shape index (κ2) is 15.2. The monoisotopic (exact) mass is 568 g/mol. The molecule has 2 aromatic rings. The van der Waals surface area contributed by atoms with Gasteiger partial charge in [-0.2, -0.15) is 0 Å². The van der Waals surface area contributed by atoms with Gasteiger partial charge in [-0.1, -0.05) is 27.0 Å². The molecule has 0 N–H and O–H groups in total. The van der Waals surface area contributed by atoms with Gasteiger partial charge in [0.15, 0.2) is 34.6 Å². The summed E-state index contributed by atoms with van der Waals surface area (Å²) in [7, 11) is 0. The van der Waals surface area contributed by atoms with E-state index in [-0.39, 0.29) is 47.4 Å². The smallest absolute Gasteiger partial charge is 0.204 e. The molecule has 0 fully saturated rings. The van der Waals surface area contributed by atoms with E-state index in [2.05, 4.69) is 13.2 Å². The van der Waals surface area contributed by atoms with Crippen LogP contribution in [0.25, 0.3) is 0 Å². The molecule has 0 spiro atoms. The number of ether oxygens (including phenoxy) is 6. The van der Waals surface area contributed by atoms with Gasteiger partial charge in [-0.3, -0.25) is 9.59 Å². The van der Waals surface area contributed by atoms with E-state index >= 15 is 0 Å². The van der Waals surface area contributed by atoms with Crippen LogP contribution in [0.3, 0.4) is 0 Å². The van der Waals surface area contributed by atoms with Crippen LogP contribution in [0.2, 0.25) is 0 Å². The highest BCUT2D eigenvalue weighted by atomic mass is 16.5. The fraction of sp³-hybridized carbons (Fsp3) is 0.455. The summed E-state index contributed by atoms with van der Waals surface area (Å²) in [6.45, 7) is 24.3. The minimum absolute atomic E-state index is 0.255. The minimum atomic E-state index is -1.01. The number of allylic oxidation sites excluding steroid dienone is 2. The van der Waals surface area contributed by atoms with Gasteiger partial charge < -0.3 is 28.4 Å². The Labute approximate surface area is 244 Å². The van der Waals surface area contributed by atoms with Crippen molar-refractivity contribution in [2.24, 2.45) is 0 Å². The van der Waals surface area contributed by atoms with Crippen LogP contribution in [0, 0.1) is 0 Å². The minimum Gasteiger partial charge on any atom is -0.490 e. The summed E-state index contributed by atoms with van der Waals surface area (Å²) in [5, 5.41) is 0. The van der Waals surface area contributed by atoms with Crippen LogP contribution < -0.4 is 28.4 Å².